The molecule has 0 aliphatic rings. The number of nitrogens with one attached hydrogen (secondary N) is 2. The monoisotopic (exact) mass is 382 g/mol. The first kappa shape index (κ1) is 19.1. The minimum absolute atomic E-state index is 0.0920. The van der Waals surface area contributed by atoms with Crippen LogP contribution in [0.5, 0.6) is 5.75 Å². The SMILES string of the molecule is CCOc1ccc(S(=O)(=O)NNS(=O)(=O)/C=C/c2ccccc2)cc1. The number of benzene rings is 2. The van der Waals surface area contributed by atoms with Gasteiger partial charge in [-0.3, -0.25) is 0 Å². The van der Waals surface area contributed by atoms with Crippen molar-refractivity contribution < 1.29 is 21.6 Å². The molecule has 0 aromatic heterocycles. The molecular weight excluding hydrogens is 364 g/mol. The lowest BCUT2D eigenvalue weighted by Crippen LogP contribution is -2.40. The van der Waals surface area contributed by atoms with Crippen molar-refractivity contribution in [2.24, 2.45) is 0 Å². The highest BCUT2D eigenvalue weighted by molar-refractivity contribution is 7.94. The molecule has 134 valence electrons. The third kappa shape index (κ3) is 5.98. The van der Waals surface area contributed by atoms with E-state index in [1.165, 1.54) is 30.3 Å². The first-order valence-corrected chi connectivity index (χ1v) is 10.3. The van der Waals surface area contributed by atoms with Gasteiger partial charge in [0.25, 0.3) is 10.0 Å². The summed E-state index contributed by atoms with van der Waals surface area (Å²) in [4.78, 5) is 3.58. The van der Waals surface area contributed by atoms with Gasteiger partial charge in [-0.1, -0.05) is 30.3 Å². The average Bonchev–Trinajstić information content (AvgIpc) is 2.60. The van der Waals surface area contributed by atoms with Gasteiger partial charge in [-0.25, -0.2) is 16.8 Å². The Bertz CT molecular complexity index is 922. The second-order valence-corrected chi connectivity index (χ2v) is 8.12. The highest BCUT2D eigenvalue weighted by atomic mass is 32.2. The van der Waals surface area contributed by atoms with Crippen LogP contribution < -0.4 is 14.4 Å². The summed E-state index contributed by atoms with van der Waals surface area (Å²) in [6, 6.07) is 14.4. The molecule has 0 atom stereocenters. The number of sulfonamides is 2. The molecule has 0 unspecified atom stereocenters. The Morgan fingerprint density at radius 2 is 1.56 bits per heavy atom. The first-order chi connectivity index (χ1) is 11.8. The highest BCUT2D eigenvalue weighted by Crippen LogP contribution is 2.15. The van der Waals surface area contributed by atoms with Crippen molar-refractivity contribution in [1.82, 2.24) is 9.66 Å². The fourth-order valence-corrected chi connectivity index (χ4v) is 3.74. The molecule has 7 nitrogen and oxygen atoms in total. The van der Waals surface area contributed by atoms with Gasteiger partial charge in [0, 0.05) is 5.41 Å². The van der Waals surface area contributed by atoms with E-state index >= 15 is 0 Å². The number of ether oxygens (including phenoxy) is 1. The van der Waals surface area contributed by atoms with E-state index in [2.05, 4.69) is 0 Å². The summed E-state index contributed by atoms with van der Waals surface area (Å²) in [5.41, 5.74) is 0.669. The molecule has 0 aliphatic carbocycles. The Hall–Kier alpha value is -2.20. The van der Waals surface area contributed by atoms with Crippen LogP contribution in [0.3, 0.4) is 0 Å². The van der Waals surface area contributed by atoms with Gasteiger partial charge in [0.15, 0.2) is 0 Å². The van der Waals surface area contributed by atoms with Gasteiger partial charge in [0.1, 0.15) is 5.75 Å². The fraction of sp³-hybridized carbons (Fsp3) is 0.125. The van der Waals surface area contributed by atoms with E-state index in [9.17, 15) is 16.8 Å². The summed E-state index contributed by atoms with van der Waals surface area (Å²) < 4.78 is 53.2. The molecule has 0 fully saturated rings. The summed E-state index contributed by atoms with van der Waals surface area (Å²) in [5.74, 6) is 0.521. The lowest BCUT2D eigenvalue weighted by molar-refractivity contribution is 0.340. The molecule has 2 aromatic carbocycles. The zero-order valence-electron chi connectivity index (χ0n) is 13.4. The van der Waals surface area contributed by atoms with E-state index in [-0.39, 0.29) is 4.90 Å². The second kappa shape index (κ2) is 8.26. The molecule has 25 heavy (non-hydrogen) atoms. The van der Waals surface area contributed by atoms with Gasteiger partial charge in [-0.15, -0.1) is 9.66 Å². The normalized spacial score (nSPS) is 12.4. The van der Waals surface area contributed by atoms with Gasteiger partial charge in [0.2, 0.25) is 10.0 Å². The largest absolute Gasteiger partial charge is 0.494 e. The van der Waals surface area contributed by atoms with Crippen molar-refractivity contribution in [2.45, 2.75) is 11.8 Å². The Morgan fingerprint density at radius 1 is 0.920 bits per heavy atom. The summed E-state index contributed by atoms with van der Waals surface area (Å²) in [5, 5.41) is 0.878. The molecule has 0 radical (unpaired) electrons. The fourth-order valence-electron chi connectivity index (χ4n) is 1.82. The van der Waals surface area contributed by atoms with Crippen molar-refractivity contribution in [3.63, 3.8) is 0 Å². The molecule has 0 aliphatic heterocycles. The first-order valence-electron chi connectivity index (χ1n) is 7.32. The topological polar surface area (TPSA) is 102 Å². The lowest BCUT2D eigenvalue weighted by atomic mass is 10.2. The average molecular weight is 382 g/mol. The van der Waals surface area contributed by atoms with Gasteiger partial charge < -0.3 is 4.74 Å². The minimum Gasteiger partial charge on any atom is -0.494 e. The molecule has 9 heteroatoms. The summed E-state index contributed by atoms with van der Waals surface area (Å²) in [7, 11) is -8.02. The van der Waals surface area contributed by atoms with E-state index in [0.29, 0.717) is 17.9 Å². The van der Waals surface area contributed by atoms with Crippen LogP contribution in [0.1, 0.15) is 12.5 Å². The molecule has 0 saturated carbocycles. The summed E-state index contributed by atoms with van der Waals surface area (Å²) in [6.45, 7) is 2.27. The standard InChI is InChI=1S/C16H18N2O5S2/c1-2-23-15-8-10-16(11-9-15)25(21,22)18-17-24(19,20)13-12-14-6-4-3-5-7-14/h3-13,17-18H,2H2,1H3/b13-12+. The van der Waals surface area contributed by atoms with Crippen LogP contribution in [0.4, 0.5) is 0 Å². The molecule has 2 N–H and O–H groups in total. The molecule has 0 bridgehead atoms. The molecule has 0 spiro atoms. The van der Waals surface area contributed by atoms with Crippen molar-refractivity contribution in [3.05, 3.63) is 65.6 Å². The number of rotatable bonds is 8. The zero-order chi connectivity index (χ0) is 18.3. The smallest absolute Gasteiger partial charge is 0.254 e. The molecule has 2 aromatic rings. The molecule has 0 heterocycles. The zero-order valence-corrected chi connectivity index (χ0v) is 15.0. The Morgan fingerprint density at radius 3 is 2.16 bits per heavy atom. The van der Waals surface area contributed by atoms with Crippen LogP contribution in [0.15, 0.2) is 64.9 Å². The molecular formula is C16H18N2O5S2. The highest BCUT2D eigenvalue weighted by Gasteiger charge is 2.16. The van der Waals surface area contributed by atoms with Crippen LogP contribution >= 0.6 is 0 Å². The maximum Gasteiger partial charge on any atom is 0.254 e. The predicted octanol–water partition coefficient (Wildman–Crippen LogP) is 1.87. The summed E-state index contributed by atoms with van der Waals surface area (Å²) >= 11 is 0. The van der Waals surface area contributed by atoms with Crippen LogP contribution in [0, 0.1) is 0 Å². The predicted molar refractivity (Wildman–Crippen MR) is 95.5 cm³/mol. The Balaban J connectivity index is 2.04. The van der Waals surface area contributed by atoms with Gasteiger partial charge >= 0.3 is 0 Å². The third-order valence-electron chi connectivity index (χ3n) is 3.00. The quantitative estimate of drug-likeness (QED) is 0.679. The van der Waals surface area contributed by atoms with Crippen molar-refractivity contribution in [2.75, 3.05) is 6.61 Å². The maximum atomic E-state index is 12.1. The van der Waals surface area contributed by atoms with Gasteiger partial charge in [-0.2, -0.15) is 0 Å². The van der Waals surface area contributed by atoms with Gasteiger partial charge in [0.05, 0.1) is 11.5 Å². The molecule has 0 amide bonds. The third-order valence-corrected chi connectivity index (χ3v) is 5.28. The number of hydrazine groups is 1. The van der Waals surface area contributed by atoms with Crippen molar-refractivity contribution in [3.8, 4) is 5.75 Å². The summed E-state index contributed by atoms with van der Waals surface area (Å²) in [6.07, 6.45) is 1.35. The second-order valence-electron chi connectivity index (χ2n) is 4.87. The number of hydrogen-bond acceptors (Lipinski definition) is 5. The molecule has 0 saturated heterocycles. The Labute approximate surface area is 147 Å². The van der Waals surface area contributed by atoms with E-state index in [1.807, 2.05) is 16.6 Å². The number of hydrogen-bond donors (Lipinski definition) is 2. The van der Waals surface area contributed by atoms with Gasteiger partial charge in [-0.05, 0) is 42.8 Å². The van der Waals surface area contributed by atoms with Crippen LogP contribution in [-0.2, 0) is 20.0 Å². The van der Waals surface area contributed by atoms with Crippen LogP contribution in [0.2, 0.25) is 0 Å². The minimum atomic E-state index is -4.04. The van der Waals surface area contributed by atoms with Crippen LogP contribution in [-0.4, -0.2) is 23.4 Å². The lowest BCUT2D eigenvalue weighted by Gasteiger charge is -2.08. The van der Waals surface area contributed by atoms with Crippen LogP contribution in [0.25, 0.3) is 6.08 Å². The maximum absolute atomic E-state index is 12.1. The van der Waals surface area contributed by atoms with E-state index in [0.717, 1.165) is 5.41 Å². The van der Waals surface area contributed by atoms with Crippen molar-refractivity contribution >= 4 is 26.1 Å². The van der Waals surface area contributed by atoms with Crippen molar-refractivity contribution in [1.29, 1.82) is 0 Å². The molecule has 2 rings (SSSR count). The van der Waals surface area contributed by atoms with E-state index in [1.54, 1.807) is 30.3 Å². The van der Waals surface area contributed by atoms with E-state index < -0.39 is 20.0 Å². The Kier molecular flexibility index (Phi) is 6.32. The van der Waals surface area contributed by atoms with E-state index in [4.69, 9.17) is 4.74 Å².